The van der Waals surface area contributed by atoms with Crippen LogP contribution in [0.1, 0.15) is 39.5 Å². The Bertz CT molecular complexity index is 769. The van der Waals surface area contributed by atoms with Crippen molar-refractivity contribution in [2.45, 2.75) is 44.4 Å². The molecule has 0 radical (unpaired) electrons. The van der Waals surface area contributed by atoms with E-state index < -0.39 is 10.0 Å². The van der Waals surface area contributed by atoms with E-state index in [1.54, 1.807) is 24.3 Å². The van der Waals surface area contributed by atoms with Gasteiger partial charge in [0.15, 0.2) is 0 Å². The molecule has 2 aliphatic rings. The fourth-order valence-corrected chi connectivity index (χ4v) is 4.44. The average molecular weight is 362 g/mol. The van der Waals surface area contributed by atoms with Gasteiger partial charge in [-0.2, -0.15) is 8.42 Å². The van der Waals surface area contributed by atoms with E-state index in [1.807, 2.05) is 11.8 Å². The number of benzene rings is 1. The minimum absolute atomic E-state index is 0.227. The summed E-state index contributed by atoms with van der Waals surface area (Å²) in [6, 6.07) is 6.74. The van der Waals surface area contributed by atoms with Gasteiger partial charge in [0, 0.05) is 39.0 Å². The molecular formula is C18H26N4O2S. The highest BCUT2D eigenvalue weighted by Gasteiger charge is 2.22. The topological polar surface area (TPSA) is 65.3 Å². The molecule has 1 aromatic carbocycles. The number of rotatable bonds is 5. The molecule has 136 valence electrons. The van der Waals surface area contributed by atoms with Gasteiger partial charge in [0.2, 0.25) is 0 Å². The van der Waals surface area contributed by atoms with Crippen LogP contribution in [0.2, 0.25) is 0 Å². The molecule has 0 amide bonds. The van der Waals surface area contributed by atoms with Crippen molar-refractivity contribution in [2.75, 3.05) is 26.2 Å². The molecule has 2 heterocycles. The van der Waals surface area contributed by atoms with Crippen LogP contribution in [0.3, 0.4) is 0 Å². The van der Waals surface area contributed by atoms with Gasteiger partial charge in [-0.1, -0.05) is 0 Å². The van der Waals surface area contributed by atoms with Crippen molar-refractivity contribution in [1.82, 2.24) is 9.80 Å². The lowest BCUT2D eigenvalue weighted by Crippen LogP contribution is -2.25. The molecule has 6 nitrogen and oxygen atoms in total. The van der Waals surface area contributed by atoms with Gasteiger partial charge in [-0.15, -0.1) is 4.40 Å². The third kappa shape index (κ3) is 4.03. The molecule has 3 rings (SSSR count). The molecule has 2 fully saturated rings. The van der Waals surface area contributed by atoms with Gasteiger partial charge in [0.1, 0.15) is 11.7 Å². The van der Waals surface area contributed by atoms with E-state index in [0.29, 0.717) is 5.84 Å². The summed E-state index contributed by atoms with van der Waals surface area (Å²) in [5, 5.41) is 0. The molecule has 0 N–H and O–H groups in total. The minimum Gasteiger partial charge on any atom is -0.360 e. The number of likely N-dealkylation sites (tertiary alicyclic amines) is 2. The summed E-state index contributed by atoms with van der Waals surface area (Å²) in [6.45, 7) is 7.82. The van der Waals surface area contributed by atoms with E-state index in [4.69, 9.17) is 0 Å². The van der Waals surface area contributed by atoms with E-state index >= 15 is 0 Å². The third-order valence-electron chi connectivity index (χ3n) is 4.77. The average Bonchev–Trinajstić information content (AvgIpc) is 3.23. The first-order valence-electron chi connectivity index (χ1n) is 9.05. The molecule has 0 atom stereocenters. The van der Waals surface area contributed by atoms with Gasteiger partial charge in [0.05, 0.1) is 10.6 Å². The maximum absolute atomic E-state index is 12.5. The molecule has 1 aromatic rings. The van der Waals surface area contributed by atoms with Crippen molar-refractivity contribution in [1.29, 1.82) is 0 Å². The zero-order valence-electron chi connectivity index (χ0n) is 15.0. The van der Waals surface area contributed by atoms with Crippen molar-refractivity contribution in [3.05, 3.63) is 24.3 Å². The Morgan fingerprint density at radius 3 is 2.08 bits per heavy atom. The molecule has 0 bridgehead atoms. The molecule has 2 aliphatic heterocycles. The summed E-state index contributed by atoms with van der Waals surface area (Å²) in [7, 11) is -3.66. The number of hydrogen-bond donors (Lipinski definition) is 0. The Kier molecular flexibility index (Phi) is 5.42. The second kappa shape index (κ2) is 7.56. The number of amidine groups is 2. The predicted octanol–water partition coefficient (Wildman–Crippen LogP) is 3.04. The van der Waals surface area contributed by atoms with Gasteiger partial charge in [-0.25, -0.2) is 4.99 Å². The van der Waals surface area contributed by atoms with Gasteiger partial charge in [-0.05, 0) is 51.0 Å². The molecule has 0 aromatic heterocycles. The standard InChI is InChI=1S/C18H26N4O2S/c1-3-21-13-5-7-17(21)19-15-9-11-16(12-10-15)25(23,24)20-18-8-6-14-22(18)4-2/h9-12H,3-8,13-14H2,1-2H3. The Labute approximate surface area is 150 Å². The van der Waals surface area contributed by atoms with E-state index in [-0.39, 0.29) is 4.90 Å². The lowest BCUT2D eigenvalue weighted by Gasteiger charge is -2.16. The maximum atomic E-state index is 12.5. The fraction of sp³-hybridized carbons (Fsp3) is 0.556. The smallest absolute Gasteiger partial charge is 0.283 e. The molecule has 0 unspecified atom stereocenters. The summed E-state index contributed by atoms with van der Waals surface area (Å²) in [5.41, 5.74) is 0.790. The number of hydrogen-bond acceptors (Lipinski definition) is 3. The van der Waals surface area contributed by atoms with Crippen LogP contribution in [0.4, 0.5) is 5.69 Å². The predicted molar refractivity (Wildman–Crippen MR) is 101 cm³/mol. The SMILES string of the molecule is CCN1CCCC1=Nc1ccc(S(=O)(=O)N=C2CCCN2CC)cc1. The maximum Gasteiger partial charge on any atom is 0.283 e. The molecule has 2 saturated heterocycles. The lowest BCUT2D eigenvalue weighted by molar-refractivity contribution is 0.479. The Morgan fingerprint density at radius 2 is 1.48 bits per heavy atom. The second-order valence-electron chi connectivity index (χ2n) is 6.37. The molecule has 0 aliphatic carbocycles. The van der Waals surface area contributed by atoms with Crippen LogP contribution < -0.4 is 0 Å². The van der Waals surface area contributed by atoms with Crippen LogP contribution in [0.15, 0.2) is 38.6 Å². The first-order chi connectivity index (χ1) is 12.0. The molecule has 7 heteroatoms. The summed E-state index contributed by atoms with van der Waals surface area (Å²) in [4.78, 5) is 9.18. The van der Waals surface area contributed by atoms with Gasteiger partial charge in [-0.3, -0.25) is 0 Å². The van der Waals surface area contributed by atoms with Crippen LogP contribution in [-0.4, -0.2) is 56.1 Å². The summed E-state index contributed by atoms with van der Waals surface area (Å²) >= 11 is 0. The minimum atomic E-state index is -3.66. The van der Waals surface area contributed by atoms with Crippen molar-refractivity contribution >= 4 is 27.4 Å². The van der Waals surface area contributed by atoms with Crippen LogP contribution in [0, 0.1) is 0 Å². The molecule has 0 spiro atoms. The molecule has 0 saturated carbocycles. The highest BCUT2D eigenvalue weighted by Crippen LogP contribution is 2.22. The van der Waals surface area contributed by atoms with Crippen LogP contribution >= 0.6 is 0 Å². The van der Waals surface area contributed by atoms with Crippen molar-refractivity contribution in [3.8, 4) is 0 Å². The molecule has 25 heavy (non-hydrogen) atoms. The summed E-state index contributed by atoms with van der Waals surface area (Å²) < 4.78 is 29.2. The Hall–Kier alpha value is -1.89. The third-order valence-corrected chi connectivity index (χ3v) is 6.09. The highest BCUT2D eigenvalue weighted by atomic mass is 32.2. The molecular weight excluding hydrogens is 336 g/mol. The largest absolute Gasteiger partial charge is 0.360 e. The number of aliphatic imine (C=N–C) groups is 1. The quantitative estimate of drug-likeness (QED) is 0.807. The normalized spacial score (nSPS) is 21.7. The van der Waals surface area contributed by atoms with Crippen molar-refractivity contribution in [2.24, 2.45) is 9.39 Å². The van der Waals surface area contributed by atoms with E-state index in [2.05, 4.69) is 21.2 Å². The monoisotopic (exact) mass is 362 g/mol. The van der Waals surface area contributed by atoms with Crippen LogP contribution in [-0.2, 0) is 10.0 Å². The van der Waals surface area contributed by atoms with Crippen LogP contribution in [0.25, 0.3) is 0 Å². The highest BCUT2D eigenvalue weighted by molar-refractivity contribution is 7.90. The zero-order chi connectivity index (χ0) is 17.9. The van der Waals surface area contributed by atoms with Crippen molar-refractivity contribution < 1.29 is 8.42 Å². The second-order valence-corrected chi connectivity index (χ2v) is 7.98. The van der Waals surface area contributed by atoms with E-state index in [0.717, 1.165) is 63.4 Å². The lowest BCUT2D eigenvalue weighted by atomic mass is 10.3. The number of nitrogens with zero attached hydrogens (tertiary/aromatic N) is 4. The van der Waals surface area contributed by atoms with E-state index in [1.165, 1.54) is 0 Å². The van der Waals surface area contributed by atoms with Crippen LogP contribution in [0.5, 0.6) is 0 Å². The zero-order valence-corrected chi connectivity index (χ0v) is 15.8. The van der Waals surface area contributed by atoms with Gasteiger partial charge < -0.3 is 9.80 Å². The summed E-state index contributed by atoms with van der Waals surface area (Å²) in [5.74, 6) is 1.76. The van der Waals surface area contributed by atoms with E-state index in [9.17, 15) is 8.42 Å². The Balaban J connectivity index is 1.80. The number of sulfonamides is 1. The summed E-state index contributed by atoms with van der Waals surface area (Å²) in [6.07, 6.45) is 3.80. The van der Waals surface area contributed by atoms with Gasteiger partial charge >= 0.3 is 0 Å². The first kappa shape index (κ1) is 17.9. The van der Waals surface area contributed by atoms with Crippen molar-refractivity contribution in [3.63, 3.8) is 0 Å². The van der Waals surface area contributed by atoms with Gasteiger partial charge in [0.25, 0.3) is 10.0 Å². The fourth-order valence-electron chi connectivity index (χ4n) is 3.37. The Morgan fingerprint density at radius 1 is 0.920 bits per heavy atom. The first-order valence-corrected chi connectivity index (χ1v) is 10.5.